The summed E-state index contributed by atoms with van der Waals surface area (Å²) in [4.78, 5) is 0. The zero-order chi connectivity index (χ0) is 32.8. The second-order valence-corrected chi connectivity index (χ2v) is 15.6. The Bertz CT molecular complexity index is 1220. The van der Waals surface area contributed by atoms with Crippen molar-refractivity contribution in [3.8, 4) is 0 Å². The summed E-state index contributed by atoms with van der Waals surface area (Å²) >= 11 is 0. The zero-order valence-corrected chi connectivity index (χ0v) is 30.5. The van der Waals surface area contributed by atoms with Gasteiger partial charge in [0.1, 0.15) is 34.8 Å². The summed E-state index contributed by atoms with van der Waals surface area (Å²) in [5, 5.41) is 5.55. The highest BCUT2D eigenvalue weighted by Gasteiger charge is 2.47. The Morgan fingerprint density at radius 3 is 1.16 bits per heavy atom. The third kappa shape index (κ3) is 11.5. The van der Waals surface area contributed by atoms with E-state index < -0.39 is 7.26 Å². The number of benzene rings is 4. The van der Waals surface area contributed by atoms with E-state index in [1.54, 1.807) is 0 Å². The summed E-state index contributed by atoms with van der Waals surface area (Å²) in [5.41, 5.74) is 0. The topological polar surface area (TPSA) is 8.81 Å². The van der Waals surface area contributed by atoms with Gasteiger partial charge in [0.05, 0.1) is 12.4 Å². The van der Waals surface area contributed by atoms with Crippen molar-refractivity contribution in [2.24, 2.45) is 0 Å². The molecule has 0 aliphatic carbocycles. The van der Waals surface area contributed by atoms with Crippen LogP contribution in [0.2, 0.25) is 19.5 Å². The standard InChI is InChI=1S/C24H20P.C8H19B2N2.2C4H10/c1-5-13-21(14-6-1)25(22-15-7-2-8-16-22,23-17-9-3-10-18-23)24-19-11-4-12-20-24;1-4-9-11-6-7-12(8-11)10(3)5-2;2*1-3-4-2/h1-20H;6-8,10H,4-5,9H2,1-3H3;2*3-4H2,1-2H3/q+1;-1;;. The van der Waals surface area contributed by atoms with E-state index in [-0.39, 0.29) is 14.3 Å². The summed E-state index contributed by atoms with van der Waals surface area (Å²) in [6.07, 6.45) is 14.6. The van der Waals surface area contributed by atoms with Crippen molar-refractivity contribution >= 4 is 42.7 Å². The SMILES string of the molecule is CCCC.CCCC.CC[BH2-][n+]1ccn([BH-](C)CC)c1.c1ccc([P+](c2ccccc2)(c2ccccc2)c2ccccc2)cc1. The van der Waals surface area contributed by atoms with Gasteiger partial charge in [0.15, 0.2) is 14.3 Å². The number of imidazole rings is 1. The summed E-state index contributed by atoms with van der Waals surface area (Å²) in [6, 6.07) is 43.8. The Hall–Kier alpha value is -3.35. The number of aromatic nitrogens is 2. The maximum absolute atomic E-state index is 2.39. The predicted molar refractivity (Wildman–Crippen MR) is 210 cm³/mol. The molecule has 2 nitrogen and oxygen atoms in total. The van der Waals surface area contributed by atoms with Crippen molar-refractivity contribution in [3.63, 3.8) is 0 Å². The minimum absolute atomic E-state index is 0.105. The molecule has 0 aliphatic rings. The van der Waals surface area contributed by atoms with Crippen LogP contribution in [0.5, 0.6) is 0 Å². The molecule has 1 heterocycles. The number of unbranched alkanes of at least 4 members (excludes halogenated alkanes) is 2. The van der Waals surface area contributed by atoms with Crippen molar-refractivity contribution in [1.82, 2.24) is 4.48 Å². The minimum atomic E-state index is -1.91. The molecule has 0 bridgehead atoms. The minimum Gasteiger partial charge on any atom is -0.445 e. The van der Waals surface area contributed by atoms with Gasteiger partial charge in [-0.25, -0.2) is 0 Å². The van der Waals surface area contributed by atoms with Crippen LogP contribution in [-0.2, 0) is 0 Å². The van der Waals surface area contributed by atoms with E-state index in [2.05, 4.69) is 197 Å². The van der Waals surface area contributed by atoms with Gasteiger partial charge in [-0.05, 0) is 48.5 Å². The molecule has 4 aromatic carbocycles. The monoisotopic (exact) mass is 620 g/mol. The maximum Gasteiger partial charge on any atom is 0.174 e. The lowest BCUT2D eigenvalue weighted by atomic mass is 9.62. The van der Waals surface area contributed by atoms with E-state index in [1.165, 1.54) is 59.5 Å². The van der Waals surface area contributed by atoms with Crippen LogP contribution in [0.4, 0.5) is 0 Å². The molecule has 240 valence electrons. The van der Waals surface area contributed by atoms with Crippen LogP contribution >= 0.6 is 7.26 Å². The van der Waals surface area contributed by atoms with Crippen molar-refractivity contribution in [2.75, 3.05) is 0 Å². The van der Waals surface area contributed by atoms with Crippen LogP contribution in [0, 0.1) is 0 Å². The Morgan fingerprint density at radius 1 is 0.556 bits per heavy atom. The summed E-state index contributed by atoms with van der Waals surface area (Å²) in [6.45, 7) is 15.5. The molecule has 1 atom stereocenters. The molecule has 0 fully saturated rings. The molecule has 0 saturated carbocycles. The Balaban J connectivity index is 0.000000293. The van der Waals surface area contributed by atoms with E-state index >= 15 is 0 Å². The zero-order valence-electron chi connectivity index (χ0n) is 29.6. The van der Waals surface area contributed by atoms with Crippen LogP contribution in [0.1, 0.15) is 67.2 Å². The quantitative estimate of drug-likeness (QED) is 0.110. The lowest BCUT2D eigenvalue weighted by Crippen LogP contribution is -2.38. The van der Waals surface area contributed by atoms with E-state index in [0.29, 0.717) is 0 Å². The molecule has 0 amide bonds. The van der Waals surface area contributed by atoms with E-state index in [0.717, 1.165) is 0 Å². The van der Waals surface area contributed by atoms with E-state index in [4.69, 9.17) is 0 Å². The second-order valence-electron chi connectivity index (χ2n) is 12.2. The van der Waals surface area contributed by atoms with E-state index in [1.807, 2.05) is 0 Å². The van der Waals surface area contributed by atoms with Crippen molar-refractivity contribution in [1.29, 1.82) is 0 Å². The Morgan fingerprint density at radius 2 is 0.889 bits per heavy atom. The number of rotatable bonds is 10. The molecular weight excluding hydrogens is 561 g/mol. The molecular formula is C40H59B2N2P. The lowest BCUT2D eigenvalue weighted by Gasteiger charge is -2.27. The molecule has 1 aromatic heterocycles. The fraction of sp³-hybridized carbons (Fsp3) is 0.325. The summed E-state index contributed by atoms with van der Waals surface area (Å²) in [5.74, 6) is 0. The van der Waals surface area contributed by atoms with Gasteiger partial charge in [-0.3, -0.25) is 0 Å². The molecule has 5 heteroatoms. The first-order valence-corrected chi connectivity index (χ1v) is 19.6. The highest BCUT2D eigenvalue weighted by molar-refractivity contribution is 8.01. The van der Waals surface area contributed by atoms with Crippen molar-refractivity contribution in [3.05, 3.63) is 140 Å². The maximum atomic E-state index is 2.39. The van der Waals surface area contributed by atoms with Crippen LogP contribution in [0.25, 0.3) is 0 Å². The smallest absolute Gasteiger partial charge is 0.174 e. The summed E-state index contributed by atoms with van der Waals surface area (Å²) in [7, 11) is -1.80. The van der Waals surface area contributed by atoms with Gasteiger partial charge in [-0.1, -0.05) is 140 Å². The van der Waals surface area contributed by atoms with Gasteiger partial charge in [0.25, 0.3) is 0 Å². The van der Waals surface area contributed by atoms with Gasteiger partial charge in [-0.15, -0.1) is 12.6 Å². The molecule has 0 aliphatic heterocycles. The van der Waals surface area contributed by atoms with Gasteiger partial charge in [0.2, 0.25) is 0 Å². The fourth-order valence-electron chi connectivity index (χ4n) is 5.13. The second kappa shape index (κ2) is 22.2. The Kier molecular flexibility index (Phi) is 18.7. The number of nitrogens with zero attached hydrogens (tertiary/aromatic N) is 2. The van der Waals surface area contributed by atoms with Gasteiger partial charge < -0.3 is 8.96 Å². The molecule has 1 unspecified atom stereocenters. The summed E-state index contributed by atoms with van der Waals surface area (Å²) < 4.78 is 4.78. The highest BCUT2D eigenvalue weighted by atomic mass is 31.2. The predicted octanol–water partition coefficient (Wildman–Crippen LogP) is 8.29. The highest BCUT2D eigenvalue weighted by Crippen LogP contribution is 2.53. The first-order chi connectivity index (χ1) is 22.0. The molecule has 5 aromatic rings. The number of hydrogen-bond acceptors (Lipinski definition) is 0. The third-order valence-corrected chi connectivity index (χ3v) is 12.7. The fourth-order valence-corrected chi connectivity index (χ4v) is 9.40. The van der Waals surface area contributed by atoms with Crippen LogP contribution < -0.4 is 25.7 Å². The molecule has 0 radical (unpaired) electrons. The van der Waals surface area contributed by atoms with Crippen LogP contribution in [0.3, 0.4) is 0 Å². The van der Waals surface area contributed by atoms with Crippen molar-refractivity contribution in [2.45, 2.75) is 86.7 Å². The van der Waals surface area contributed by atoms with Crippen LogP contribution in [0.15, 0.2) is 140 Å². The molecule has 0 spiro atoms. The number of hydrogen-bond donors (Lipinski definition) is 0. The molecule has 5 rings (SSSR count). The average Bonchev–Trinajstić information content (AvgIpc) is 3.59. The van der Waals surface area contributed by atoms with E-state index in [9.17, 15) is 0 Å². The van der Waals surface area contributed by atoms with Gasteiger partial charge >= 0.3 is 0 Å². The van der Waals surface area contributed by atoms with Gasteiger partial charge in [-0.2, -0.15) is 6.82 Å². The molecule has 45 heavy (non-hydrogen) atoms. The first-order valence-electron chi connectivity index (χ1n) is 17.8. The normalized spacial score (nSPS) is 11.1. The average molecular weight is 621 g/mol. The Labute approximate surface area is 277 Å². The van der Waals surface area contributed by atoms with Crippen LogP contribution in [-0.4, -0.2) is 18.7 Å². The van der Waals surface area contributed by atoms with Crippen molar-refractivity contribution < 1.29 is 4.48 Å². The lowest BCUT2D eigenvalue weighted by molar-refractivity contribution is -0.528. The molecule has 0 N–H and O–H groups in total. The van der Waals surface area contributed by atoms with Gasteiger partial charge in [0, 0.05) is 0 Å². The molecule has 0 saturated heterocycles. The third-order valence-electron chi connectivity index (χ3n) is 8.43. The first kappa shape index (κ1) is 37.8. The largest absolute Gasteiger partial charge is 0.445 e.